The van der Waals surface area contributed by atoms with E-state index >= 15 is 0 Å². The van der Waals surface area contributed by atoms with E-state index in [1.165, 1.54) is 4.31 Å². The van der Waals surface area contributed by atoms with Crippen LogP contribution in [-0.2, 0) is 20.0 Å². The second-order valence-corrected chi connectivity index (χ2v) is 10.8. The van der Waals surface area contributed by atoms with Gasteiger partial charge in [-0.3, -0.25) is 9.03 Å². The molecule has 0 aromatic heterocycles. The van der Waals surface area contributed by atoms with Crippen molar-refractivity contribution < 1.29 is 16.8 Å². The summed E-state index contributed by atoms with van der Waals surface area (Å²) in [5, 5.41) is 0. The summed E-state index contributed by atoms with van der Waals surface area (Å²) in [4.78, 5) is 0. The molecular weight excluding hydrogens is 398 g/mol. The summed E-state index contributed by atoms with van der Waals surface area (Å²) >= 11 is 0. The summed E-state index contributed by atoms with van der Waals surface area (Å²) in [6, 6.07) is 10.5. The molecule has 0 aliphatic carbocycles. The molecule has 2 aromatic carbocycles. The molecule has 9 heteroatoms. The predicted octanol–water partition coefficient (Wildman–Crippen LogP) is 2.94. The molecule has 0 atom stereocenters. The monoisotopic (exact) mass is 423 g/mol. The van der Waals surface area contributed by atoms with Crippen LogP contribution in [0.3, 0.4) is 0 Å². The van der Waals surface area contributed by atoms with Gasteiger partial charge in [-0.2, -0.15) is 0 Å². The zero-order chi connectivity index (χ0) is 20.5. The van der Waals surface area contributed by atoms with Gasteiger partial charge in [-0.25, -0.2) is 16.8 Å². The fourth-order valence-corrected chi connectivity index (χ4v) is 6.15. The Bertz CT molecular complexity index is 1100. The first-order chi connectivity index (χ1) is 13.1. The number of sulfonamides is 2. The summed E-state index contributed by atoms with van der Waals surface area (Å²) in [6.07, 6.45) is 1.11. The Labute approximate surface area is 166 Å². The number of benzene rings is 2. The lowest BCUT2D eigenvalue weighted by Crippen LogP contribution is -2.25. The highest BCUT2D eigenvalue weighted by Crippen LogP contribution is 2.35. The van der Waals surface area contributed by atoms with Crippen LogP contribution in [-0.4, -0.2) is 34.9 Å². The highest BCUT2D eigenvalue weighted by Gasteiger charge is 2.29. The van der Waals surface area contributed by atoms with Crippen molar-refractivity contribution in [2.45, 2.75) is 26.7 Å². The van der Waals surface area contributed by atoms with Gasteiger partial charge in [0.1, 0.15) is 0 Å². The first-order valence-corrected chi connectivity index (χ1v) is 12.4. The number of nitrogens with two attached hydrogens (primary N) is 1. The standard InChI is InChI=1S/C19H25N3O4S2/c1-3-9-27(23,24)21-19-7-4-6-18(14(19)2)15-11-16(20)13-17(12-15)22-8-5-10-28(22,25)26/h4,6-7,11-13,21H,3,5,8-10,20H2,1-2H3. The number of hydrogen-bond acceptors (Lipinski definition) is 5. The molecule has 152 valence electrons. The van der Waals surface area contributed by atoms with Gasteiger partial charge in [-0.1, -0.05) is 19.1 Å². The summed E-state index contributed by atoms with van der Waals surface area (Å²) in [6.45, 7) is 4.07. The quantitative estimate of drug-likeness (QED) is 0.694. The van der Waals surface area contributed by atoms with Crippen LogP contribution in [0.25, 0.3) is 11.1 Å². The van der Waals surface area contributed by atoms with Crippen LogP contribution in [0.15, 0.2) is 36.4 Å². The van der Waals surface area contributed by atoms with E-state index in [2.05, 4.69) is 4.72 Å². The fourth-order valence-electron chi connectivity index (χ4n) is 3.41. The topological polar surface area (TPSA) is 110 Å². The first kappa shape index (κ1) is 20.5. The Morgan fingerprint density at radius 2 is 1.96 bits per heavy atom. The summed E-state index contributed by atoms with van der Waals surface area (Å²) in [5.41, 5.74) is 9.82. The smallest absolute Gasteiger partial charge is 0.235 e. The molecule has 1 aliphatic rings. The average molecular weight is 424 g/mol. The maximum atomic E-state index is 12.3. The van der Waals surface area contributed by atoms with Gasteiger partial charge in [0.25, 0.3) is 0 Å². The molecule has 1 fully saturated rings. The van der Waals surface area contributed by atoms with Gasteiger partial charge in [-0.05, 0) is 60.7 Å². The van der Waals surface area contributed by atoms with Crippen LogP contribution < -0.4 is 14.8 Å². The van der Waals surface area contributed by atoms with Crippen LogP contribution >= 0.6 is 0 Å². The van der Waals surface area contributed by atoms with Crippen molar-refractivity contribution in [1.82, 2.24) is 0 Å². The van der Waals surface area contributed by atoms with E-state index in [0.717, 1.165) is 16.7 Å². The molecule has 1 aliphatic heterocycles. The minimum atomic E-state index is -3.41. The third kappa shape index (κ3) is 4.25. The second kappa shape index (κ2) is 7.63. The van der Waals surface area contributed by atoms with Gasteiger partial charge in [-0.15, -0.1) is 0 Å². The van der Waals surface area contributed by atoms with Crippen molar-refractivity contribution in [1.29, 1.82) is 0 Å². The van der Waals surface area contributed by atoms with Gasteiger partial charge in [0.2, 0.25) is 20.0 Å². The Hall–Kier alpha value is -2.26. The van der Waals surface area contributed by atoms with Crippen LogP contribution in [0.1, 0.15) is 25.3 Å². The van der Waals surface area contributed by atoms with Gasteiger partial charge >= 0.3 is 0 Å². The first-order valence-electron chi connectivity index (χ1n) is 9.14. The highest BCUT2D eigenvalue weighted by molar-refractivity contribution is 7.93. The molecule has 1 heterocycles. The number of hydrogen-bond donors (Lipinski definition) is 2. The molecule has 1 saturated heterocycles. The fraction of sp³-hybridized carbons (Fsp3) is 0.368. The Balaban J connectivity index is 2.04. The van der Waals surface area contributed by atoms with Crippen LogP contribution in [0.2, 0.25) is 0 Å². The second-order valence-electron chi connectivity index (χ2n) is 6.95. The van der Waals surface area contributed by atoms with E-state index < -0.39 is 20.0 Å². The summed E-state index contributed by atoms with van der Waals surface area (Å²) in [7, 11) is -6.73. The molecule has 3 rings (SSSR count). The summed E-state index contributed by atoms with van der Waals surface area (Å²) < 4.78 is 52.9. The number of nitrogens with one attached hydrogen (secondary N) is 1. The molecule has 3 N–H and O–H groups in total. The van der Waals surface area contributed by atoms with Crippen LogP contribution in [0, 0.1) is 6.92 Å². The van der Waals surface area contributed by atoms with E-state index in [0.29, 0.717) is 36.4 Å². The zero-order valence-corrected chi connectivity index (χ0v) is 17.6. The predicted molar refractivity (Wildman–Crippen MR) is 114 cm³/mol. The molecule has 7 nitrogen and oxygen atoms in total. The van der Waals surface area contributed by atoms with E-state index in [1.807, 2.05) is 19.9 Å². The molecule has 0 radical (unpaired) electrons. The van der Waals surface area contributed by atoms with Crippen molar-refractivity contribution in [3.63, 3.8) is 0 Å². The minimum Gasteiger partial charge on any atom is -0.399 e. The molecule has 0 unspecified atom stereocenters. The van der Waals surface area contributed by atoms with Gasteiger partial charge < -0.3 is 5.73 Å². The van der Waals surface area contributed by atoms with E-state index in [4.69, 9.17) is 5.73 Å². The van der Waals surface area contributed by atoms with Crippen molar-refractivity contribution in [2.75, 3.05) is 32.8 Å². The molecule has 0 spiro atoms. The third-order valence-corrected chi connectivity index (χ3v) is 8.06. The number of anilines is 3. The SMILES string of the molecule is CCCS(=O)(=O)Nc1cccc(-c2cc(N)cc(N3CCCS3(=O)=O)c2)c1C. The average Bonchev–Trinajstić information content (AvgIpc) is 2.95. The van der Waals surface area contributed by atoms with Crippen LogP contribution in [0.5, 0.6) is 0 Å². The van der Waals surface area contributed by atoms with Crippen molar-refractivity contribution in [3.8, 4) is 11.1 Å². The van der Waals surface area contributed by atoms with E-state index in [1.54, 1.807) is 30.3 Å². The van der Waals surface area contributed by atoms with Crippen molar-refractivity contribution >= 4 is 37.1 Å². The molecular formula is C19H25N3O4S2. The molecule has 0 bridgehead atoms. The van der Waals surface area contributed by atoms with Crippen molar-refractivity contribution in [3.05, 3.63) is 42.0 Å². The lowest BCUT2D eigenvalue weighted by atomic mass is 9.98. The largest absolute Gasteiger partial charge is 0.399 e. The Morgan fingerprint density at radius 3 is 2.61 bits per heavy atom. The van der Waals surface area contributed by atoms with Gasteiger partial charge in [0.05, 0.1) is 22.9 Å². The summed E-state index contributed by atoms with van der Waals surface area (Å²) in [5.74, 6) is 0.177. The third-order valence-electron chi connectivity index (χ3n) is 4.71. The Kier molecular flexibility index (Phi) is 5.58. The molecule has 0 saturated carbocycles. The number of nitrogen functional groups attached to an aromatic ring is 1. The zero-order valence-electron chi connectivity index (χ0n) is 16.0. The highest BCUT2D eigenvalue weighted by atomic mass is 32.2. The minimum absolute atomic E-state index is 0.0475. The van der Waals surface area contributed by atoms with Gasteiger partial charge in [0, 0.05) is 12.2 Å². The molecule has 28 heavy (non-hydrogen) atoms. The lowest BCUT2D eigenvalue weighted by Gasteiger charge is -2.20. The Morgan fingerprint density at radius 1 is 1.21 bits per heavy atom. The lowest BCUT2D eigenvalue weighted by molar-refractivity contribution is 0.598. The molecule has 0 amide bonds. The van der Waals surface area contributed by atoms with E-state index in [-0.39, 0.29) is 11.5 Å². The maximum Gasteiger partial charge on any atom is 0.235 e. The molecule has 2 aromatic rings. The maximum absolute atomic E-state index is 12.3. The van der Waals surface area contributed by atoms with Crippen molar-refractivity contribution in [2.24, 2.45) is 0 Å². The van der Waals surface area contributed by atoms with Gasteiger partial charge in [0.15, 0.2) is 0 Å². The number of nitrogens with zero attached hydrogens (tertiary/aromatic N) is 1. The number of rotatable bonds is 6. The normalized spacial score (nSPS) is 16.3. The van der Waals surface area contributed by atoms with E-state index in [9.17, 15) is 16.8 Å². The van der Waals surface area contributed by atoms with Crippen LogP contribution in [0.4, 0.5) is 17.1 Å².